The summed E-state index contributed by atoms with van der Waals surface area (Å²) in [4.78, 5) is 20.2. The second-order valence-corrected chi connectivity index (χ2v) is 4.48. The van der Waals surface area contributed by atoms with Crippen LogP contribution in [-0.2, 0) is 15.2 Å². The van der Waals surface area contributed by atoms with Gasteiger partial charge in [0.2, 0.25) is 0 Å². The monoisotopic (exact) mass is 390 g/mol. The van der Waals surface area contributed by atoms with E-state index in [9.17, 15) is 18.0 Å². The predicted octanol–water partition coefficient (Wildman–Crippen LogP) is -0.395. The summed E-state index contributed by atoms with van der Waals surface area (Å²) in [6, 6.07) is 5.06. The van der Waals surface area contributed by atoms with Crippen LogP contribution >= 0.6 is 0 Å². The molecule has 0 saturated heterocycles. The maximum absolute atomic E-state index is 10.6. The van der Waals surface area contributed by atoms with E-state index in [4.69, 9.17) is 14.8 Å². The van der Waals surface area contributed by atoms with Crippen molar-refractivity contribution in [1.82, 2.24) is 0 Å². The van der Waals surface area contributed by atoms with Gasteiger partial charge < -0.3 is 14.4 Å². The van der Waals surface area contributed by atoms with Crippen molar-refractivity contribution in [3.05, 3.63) is 29.8 Å². The molecule has 22 heavy (non-hydrogen) atoms. The van der Waals surface area contributed by atoms with E-state index < -0.39 is 28.1 Å². The van der Waals surface area contributed by atoms with Crippen LogP contribution in [0.1, 0.15) is 30.1 Å². The van der Waals surface area contributed by atoms with Crippen LogP contribution in [0, 0.1) is 0 Å². The number of hydrogen-bond donors (Lipinski definition) is 3. The number of carbonyl (C=O) groups is 2. The molecule has 0 saturated carbocycles. The van der Waals surface area contributed by atoms with Crippen molar-refractivity contribution in [1.29, 1.82) is 0 Å². The van der Waals surface area contributed by atoms with Crippen LogP contribution in [0.15, 0.2) is 24.3 Å². The van der Waals surface area contributed by atoms with E-state index in [1.54, 1.807) is 0 Å². The minimum absolute atomic E-state index is 0. The van der Waals surface area contributed by atoms with Gasteiger partial charge in [-0.2, -0.15) is 8.42 Å². The van der Waals surface area contributed by atoms with Crippen LogP contribution in [-0.4, -0.2) is 111 Å². The first-order chi connectivity index (χ1) is 9.17. The molecule has 0 aliphatic carbocycles. The van der Waals surface area contributed by atoms with Gasteiger partial charge in [-0.25, -0.2) is 4.79 Å². The number of aromatic carboxylic acids is 1. The molecule has 1 rings (SSSR count). The number of rotatable bonds is 5. The van der Waals surface area contributed by atoms with Gasteiger partial charge in [0, 0.05) is 6.42 Å². The Morgan fingerprint density at radius 1 is 1.14 bits per heavy atom. The Hall–Kier alpha value is 0.389. The molecule has 0 bridgehead atoms. The molecule has 0 atom stereocenters. The number of carboxylic acid groups (broad SMARTS) is 2. The number of carboxylic acids is 2. The zero-order valence-corrected chi connectivity index (χ0v) is 11.3. The molecule has 0 unspecified atom stereocenters. The van der Waals surface area contributed by atoms with Crippen LogP contribution in [0.2, 0.25) is 0 Å². The molecular formula is C11H18Ca2O8S. The molecule has 0 aliphatic heterocycles. The third-order valence-corrected chi connectivity index (χ3v) is 2.17. The van der Waals surface area contributed by atoms with Gasteiger partial charge in [-0.3, -0.25) is 9.35 Å². The fraction of sp³-hybridized carbons (Fsp3) is 0.273. The molecule has 120 valence electrons. The second-order valence-electron chi connectivity index (χ2n) is 3.46. The molecule has 0 amide bonds. The van der Waals surface area contributed by atoms with E-state index in [1.165, 1.54) is 12.1 Å². The summed E-state index contributed by atoms with van der Waals surface area (Å²) in [5.74, 6) is -2.48. The van der Waals surface area contributed by atoms with Crippen LogP contribution in [0.5, 0.6) is 5.75 Å². The van der Waals surface area contributed by atoms with Crippen LogP contribution in [0.3, 0.4) is 0 Å². The number of hydrogen-bond acceptors (Lipinski definition) is 5. The number of para-hydroxylation sites is 1. The molecule has 0 aliphatic rings. The van der Waals surface area contributed by atoms with Gasteiger partial charge in [0.1, 0.15) is 5.56 Å². The summed E-state index contributed by atoms with van der Waals surface area (Å²) in [6.45, 7) is 1.84. The molecular weight excluding hydrogens is 372 g/mol. The van der Waals surface area contributed by atoms with Gasteiger partial charge >= 0.3 is 97.8 Å². The molecule has 0 radical (unpaired) electrons. The van der Waals surface area contributed by atoms with Crippen molar-refractivity contribution in [3.63, 3.8) is 0 Å². The number of benzene rings is 1. The molecule has 3 N–H and O–H groups in total. The molecule has 1 aromatic rings. The van der Waals surface area contributed by atoms with Crippen molar-refractivity contribution in [3.8, 4) is 5.75 Å². The summed E-state index contributed by atoms with van der Waals surface area (Å²) in [5.41, 5.74) is -0.342. The van der Waals surface area contributed by atoms with E-state index in [-0.39, 0.29) is 81.0 Å². The fourth-order valence-electron chi connectivity index (χ4n) is 1.04. The zero-order valence-electron chi connectivity index (χ0n) is 10.5. The third-order valence-electron chi connectivity index (χ3n) is 1.78. The first kappa shape index (κ1) is 27.2. The maximum atomic E-state index is 10.6. The second kappa shape index (κ2) is 13.8. The summed E-state index contributed by atoms with van der Waals surface area (Å²) < 4.78 is 33.0. The zero-order chi connectivity index (χ0) is 15.8. The van der Waals surface area contributed by atoms with Crippen molar-refractivity contribution >= 4 is 97.8 Å². The van der Waals surface area contributed by atoms with Gasteiger partial charge in [-0.15, -0.1) is 0 Å². The molecule has 0 fully saturated rings. The van der Waals surface area contributed by atoms with Crippen LogP contribution in [0.25, 0.3) is 0 Å². The fourth-order valence-corrected chi connectivity index (χ4v) is 1.42. The van der Waals surface area contributed by atoms with Gasteiger partial charge in [0.05, 0.1) is 0 Å². The summed E-state index contributed by atoms with van der Waals surface area (Å²) in [6.07, 6.45) is 1.02. The molecule has 0 aromatic heterocycles. The first-order valence-electron chi connectivity index (χ1n) is 5.38. The standard InChI is InChI=1S/C7H6O6S.C4H8O2.2Ca.4H/c8-7(9)5-3-1-2-4-6(5)13-14(10,11)12;1-2-3-4(5)6;;;;;;/h1-4H,(H,8,9)(H,10,11,12);2-3H2,1H3,(H,5,6);;;;;;. The van der Waals surface area contributed by atoms with Gasteiger partial charge in [0.25, 0.3) is 0 Å². The third kappa shape index (κ3) is 14.0. The molecule has 8 nitrogen and oxygen atoms in total. The van der Waals surface area contributed by atoms with Gasteiger partial charge in [-0.05, 0) is 18.6 Å². The molecule has 11 heteroatoms. The van der Waals surface area contributed by atoms with Gasteiger partial charge in [-0.1, -0.05) is 19.1 Å². The Labute approximate surface area is 187 Å². The Morgan fingerprint density at radius 2 is 1.64 bits per heavy atom. The van der Waals surface area contributed by atoms with E-state index >= 15 is 0 Å². The van der Waals surface area contributed by atoms with E-state index in [0.717, 1.165) is 18.6 Å². The van der Waals surface area contributed by atoms with E-state index in [1.807, 2.05) is 6.92 Å². The topological polar surface area (TPSA) is 138 Å². The molecule has 0 heterocycles. The Kier molecular flexibility index (Phi) is 17.1. The quantitative estimate of drug-likeness (QED) is 0.456. The summed E-state index contributed by atoms with van der Waals surface area (Å²) in [5, 5.41) is 16.5. The Morgan fingerprint density at radius 3 is 1.95 bits per heavy atom. The SMILES string of the molecule is CCCC(=O)O.O=C(O)c1ccccc1OS(=O)(=O)O.[CaH2].[CaH2]. The minimum atomic E-state index is -4.70. The van der Waals surface area contributed by atoms with Crippen LogP contribution in [0.4, 0.5) is 0 Å². The number of aliphatic carboxylic acids is 1. The first-order valence-corrected chi connectivity index (χ1v) is 6.75. The summed E-state index contributed by atoms with van der Waals surface area (Å²) >= 11 is 0. The molecule has 1 aromatic carbocycles. The predicted molar refractivity (Wildman–Crippen MR) is 85.2 cm³/mol. The van der Waals surface area contributed by atoms with Crippen LogP contribution < -0.4 is 4.18 Å². The summed E-state index contributed by atoms with van der Waals surface area (Å²) in [7, 11) is -4.70. The van der Waals surface area contributed by atoms with Gasteiger partial charge in [0.15, 0.2) is 5.75 Å². The Balaban J connectivity index is -0.000000392. The average Bonchev–Trinajstić information content (AvgIpc) is 2.27. The van der Waals surface area contributed by atoms with Crippen molar-refractivity contribution in [2.24, 2.45) is 0 Å². The van der Waals surface area contributed by atoms with Crippen molar-refractivity contribution in [2.45, 2.75) is 19.8 Å². The molecule has 0 spiro atoms. The van der Waals surface area contributed by atoms with E-state index in [0.29, 0.717) is 6.42 Å². The van der Waals surface area contributed by atoms with Crippen molar-refractivity contribution in [2.75, 3.05) is 0 Å². The van der Waals surface area contributed by atoms with E-state index in [2.05, 4.69) is 4.18 Å². The average molecular weight is 390 g/mol. The Bertz CT molecular complexity index is 573. The van der Waals surface area contributed by atoms with Crippen molar-refractivity contribution < 1.29 is 37.0 Å². The normalized spacial score (nSPS) is 9.18.